The lowest BCUT2D eigenvalue weighted by Gasteiger charge is -2.12. The van der Waals surface area contributed by atoms with Gasteiger partial charge in [0.1, 0.15) is 0 Å². The SMILES string of the molecule is Cc1cnc(CNCCC(C)c2ccccc2)cn1. The number of nitrogens with one attached hydrogen (secondary N) is 1. The first kappa shape index (κ1) is 13.7. The van der Waals surface area contributed by atoms with Crippen molar-refractivity contribution in [2.24, 2.45) is 0 Å². The number of hydrogen-bond donors (Lipinski definition) is 1. The van der Waals surface area contributed by atoms with Crippen molar-refractivity contribution in [1.82, 2.24) is 15.3 Å². The van der Waals surface area contributed by atoms with Crippen LogP contribution in [0, 0.1) is 6.92 Å². The summed E-state index contributed by atoms with van der Waals surface area (Å²) in [7, 11) is 0. The standard InChI is InChI=1S/C16H21N3/c1-13(15-6-4-3-5-7-15)8-9-17-11-16-12-18-14(2)10-19-16/h3-7,10,12-13,17H,8-9,11H2,1-2H3. The molecular formula is C16H21N3. The van der Waals surface area contributed by atoms with Crippen LogP contribution in [0.4, 0.5) is 0 Å². The molecule has 3 heteroatoms. The second kappa shape index (κ2) is 7.00. The molecule has 0 radical (unpaired) electrons. The minimum atomic E-state index is 0.581. The van der Waals surface area contributed by atoms with E-state index >= 15 is 0 Å². The van der Waals surface area contributed by atoms with Crippen molar-refractivity contribution in [1.29, 1.82) is 0 Å². The molecule has 100 valence electrons. The molecule has 0 amide bonds. The molecule has 1 atom stereocenters. The van der Waals surface area contributed by atoms with Crippen molar-refractivity contribution in [3.05, 3.63) is 59.7 Å². The Labute approximate surface area is 115 Å². The van der Waals surface area contributed by atoms with Crippen molar-refractivity contribution in [3.8, 4) is 0 Å². The second-order valence-electron chi connectivity index (χ2n) is 4.93. The molecule has 0 bridgehead atoms. The zero-order valence-corrected chi connectivity index (χ0v) is 11.6. The molecule has 1 aromatic heterocycles. The summed E-state index contributed by atoms with van der Waals surface area (Å²) in [6.45, 7) is 5.99. The summed E-state index contributed by atoms with van der Waals surface area (Å²) < 4.78 is 0. The summed E-state index contributed by atoms with van der Waals surface area (Å²) in [6.07, 6.45) is 4.77. The molecule has 1 heterocycles. The normalized spacial score (nSPS) is 12.3. The summed E-state index contributed by atoms with van der Waals surface area (Å²) in [5.74, 6) is 0.581. The smallest absolute Gasteiger partial charge is 0.0724 e. The topological polar surface area (TPSA) is 37.8 Å². The number of hydrogen-bond acceptors (Lipinski definition) is 3. The largest absolute Gasteiger partial charge is 0.311 e. The summed E-state index contributed by atoms with van der Waals surface area (Å²) >= 11 is 0. The predicted molar refractivity (Wildman–Crippen MR) is 77.9 cm³/mol. The van der Waals surface area contributed by atoms with Crippen molar-refractivity contribution in [3.63, 3.8) is 0 Å². The van der Waals surface area contributed by atoms with E-state index in [1.54, 1.807) is 0 Å². The van der Waals surface area contributed by atoms with E-state index in [0.29, 0.717) is 5.92 Å². The van der Waals surface area contributed by atoms with Crippen LogP contribution in [-0.4, -0.2) is 16.5 Å². The third kappa shape index (κ3) is 4.45. The summed E-state index contributed by atoms with van der Waals surface area (Å²) in [5.41, 5.74) is 3.36. The van der Waals surface area contributed by atoms with E-state index in [1.807, 2.05) is 19.3 Å². The fourth-order valence-corrected chi connectivity index (χ4v) is 1.99. The third-order valence-corrected chi connectivity index (χ3v) is 3.26. The number of nitrogens with zero attached hydrogens (tertiary/aromatic N) is 2. The van der Waals surface area contributed by atoms with Crippen LogP contribution in [0.5, 0.6) is 0 Å². The molecule has 1 N–H and O–H groups in total. The van der Waals surface area contributed by atoms with Crippen LogP contribution in [0.2, 0.25) is 0 Å². The highest BCUT2D eigenvalue weighted by Gasteiger charge is 2.04. The van der Waals surface area contributed by atoms with E-state index in [1.165, 1.54) is 5.56 Å². The maximum Gasteiger partial charge on any atom is 0.0724 e. The Morgan fingerprint density at radius 1 is 1.11 bits per heavy atom. The average molecular weight is 255 g/mol. The van der Waals surface area contributed by atoms with Crippen molar-refractivity contribution in [2.45, 2.75) is 32.7 Å². The fourth-order valence-electron chi connectivity index (χ4n) is 1.99. The van der Waals surface area contributed by atoms with Gasteiger partial charge in [0.2, 0.25) is 0 Å². The van der Waals surface area contributed by atoms with Gasteiger partial charge < -0.3 is 5.32 Å². The first-order valence-electron chi connectivity index (χ1n) is 6.79. The van der Waals surface area contributed by atoms with Crippen molar-refractivity contribution in [2.75, 3.05) is 6.54 Å². The zero-order chi connectivity index (χ0) is 13.5. The van der Waals surface area contributed by atoms with E-state index in [4.69, 9.17) is 0 Å². The Morgan fingerprint density at radius 2 is 1.89 bits per heavy atom. The van der Waals surface area contributed by atoms with Gasteiger partial charge in [0.05, 0.1) is 11.4 Å². The molecule has 2 aromatic rings. The maximum atomic E-state index is 4.33. The van der Waals surface area contributed by atoms with Gasteiger partial charge in [0.15, 0.2) is 0 Å². The van der Waals surface area contributed by atoms with Crippen LogP contribution >= 0.6 is 0 Å². The maximum absolute atomic E-state index is 4.33. The van der Waals surface area contributed by atoms with Gasteiger partial charge in [0.25, 0.3) is 0 Å². The molecule has 19 heavy (non-hydrogen) atoms. The number of aryl methyl sites for hydroxylation is 1. The van der Waals surface area contributed by atoms with Crippen LogP contribution in [0.25, 0.3) is 0 Å². The molecule has 0 saturated carbocycles. The van der Waals surface area contributed by atoms with Gasteiger partial charge in [0, 0.05) is 18.9 Å². The molecule has 0 spiro atoms. The van der Waals surface area contributed by atoms with Crippen LogP contribution < -0.4 is 5.32 Å². The van der Waals surface area contributed by atoms with Gasteiger partial charge in [-0.15, -0.1) is 0 Å². The molecule has 0 aliphatic heterocycles. The highest BCUT2D eigenvalue weighted by atomic mass is 14.9. The highest BCUT2D eigenvalue weighted by molar-refractivity contribution is 5.18. The molecular weight excluding hydrogens is 234 g/mol. The Balaban J connectivity index is 1.71. The van der Waals surface area contributed by atoms with E-state index in [2.05, 4.69) is 52.5 Å². The van der Waals surface area contributed by atoms with Gasteiger partial charge in [-0.2, -0.15) is 0 Å². The van der Waals surface area contributed by atoms with Gasteiger partial charge >= 0.3 is 0 Å². The zero-order valence-electron chi connectivity index (χ0n) is 11.6. The van der Waals surface area contributed by atoms with Crippen molar-refractivity contribution >= 4 is 0 Å². The van der Waals surface area contributed by atoms with Crippen LogP contribution in [0.3, 0.4) is 0 Å². The van der Waals surface area contributed by atoms with Crippen LogP contribution in [-0.2, 0) is 6.54 Å². The Kier molecular flexibility index (Phi) is 5.04. The van der Waals surface area contributed by atoms with E-state index < -0.39 is 0 Å². The number of aromatic nitrogens is 2. The predicted octanol–water partition coefficient (Wildman–Crippen LogP) is 3.07. The number of benzene rings is 1. The van der Waals surface area contributed by atoms with Crippen LogP contribution in [0.15, 0.2) is 42.7 Å². The lowest BCUT2D eigenvalue weighted by Crippen LogP contribution is -2.17. The number of rotatable bonds is 6. The van der Waals surface area contributed by atoms with Crippen molar-refractivity contribution < 1.29 is 0 Å². The van der Waals surface area contributed by atoms with E-state index in [-0.39, 0.29) is 0 Å². The Bertz CT molecular complexity index is 479. The molecule has 0 aliphatic rings. The average Bonchev–Trinajstić information content (AvgIpc) is 2.46. The first-order chi connectivity index (χ1) is 9.25. The minimum Gasteiger partial charge on any atom is -0.311 e. The molecule has 0 saturated heterocycles. The molecule has 2 rings (SSSR count). The molecule has 1 unspecified atom stereocenters. The lowest BCUT2D eigenvalue weighted by atomic mass is 9.98. The monoisotopic (exact) mass is 255 g/mol. The van der Waals surface area contributed by atoms with E-state index in [9.17, 15) is 0 Å². The summed E-state index contributed by atoms with van der Waals surface area (Å²) in [6, 6.07) is 10.6. The fraction of sp³-hybridized carbons (Fsp3) is 0.375. The molecule has 1 aromatic carbocycles. The highest BCUT2D eigenvalue weighted by Crippen LogP contribution is 2.17. The lowest BCUT2D eigenvalue weighted by molar-refractivity contribution is 0.588. The van der Waals surface area contributed by atoms with Gasteiger partial charge in [-0.1, -0.05) is 37.3 Å². The van der Waals surface area contributed by atoms with Gasteiger partial charge in [-0.25, -0.2) is 0 Å². The molecule has 3 nitrogen and oxygen atoms in total. The summed E-state index contributed by atoms with van der Waals surface area (Å²) in [5, 5.41) is 3.42. The minimum absolute atomic E-state index is 0.581. The molecule has 0 aliphatic carbocycles. The summed E-state index contributed by atoms with van der Waals surface area (Å²) in [4.78, 5) is 8.57. The quantitative estimate of drug-likeness (QED) is 0.806. The van der Waals surface area contributed by atoms with E-state index in [0.717, 1.165) is 30.9 Å². The Morgan fingerprint density at radius 3 is 2.58 bits per heavy atom. The van der Waals surface area contributed by atoms with Gasteiger partial charge in [-0.05, 0) is 31.4 Å². The van der Waals surface area contributed by atoms with Gasteiger partial charge in [-0.3, -0.25) is 9.97 Å². The second-order valence-corrected chi connectivity index (χ2v) is 4.93. The Hall–Kier alpha value is -1.74. The van der Waals surface area contributed by atoms with Crippen LogP contribution in [0.1, 0.15) is 36.2 Å². The molecule has 0 fully saturated rings. The third-order valence-electron chi connectivity index (χ3n) is 3.26. The first-order valence-corrected chi connectivity index (χ1v) is 6.79.